The van der Waals surface area contributed by atoms with Crippen molar-refractivity contribution in [2.45, 2.75) is 44.3 Å². The minimum absolute atomic E-state index is 0. The molecule has 0 spiro atoms. The van der Waals surface area contributed by atoms with Crippen molar-refractivity contribution in [1.82, 2.24) is 10.2 Å². The van der Waals surface area contributed by atoms with Crippen LogP contribution in [0.25, 0.3) is 0 Å². The fraction of sp³-hybridized carbons (Fsp3) is 0.667. The van der Waals surface area contributed by atoms with E-state index in [0.29, 0.717) is 5.92 Å². The number of hydrogen-bond acceptors (Lipinski definition) is 2. The van der Waals surface area contributed by atoms with Crippen LogP contribution in [0.4, 0.5) is 13.2 Å². The Morgan fingerprint density at radius 1 is 1.04 bits per heavy atom. The molecule has 1 heterocycles. The van der Waals surface area contributed by atoms with Crippen molar-refractivity contribution >= 4 is 24.0 Å². The van der Waals surface area contributed by atoms with Crippen molar-refractivity contribution < 1.29 is 13.2 Å². The number of rotatable bonds is 3. The maximum atomic E-state index is 13.2. The largest absolute Gasteiger partial charge is 0.416 e. The zero-order valence-corrected chi connectivity index (χ0v) is 15.7. The highest BCUT2D eigenvalue weighted by atomic mass is 35.5. The van der Waals surface area contributed by atoms with E-state index in [0.717, 1.165) is 50.7 Å². The van der Waals surface area contributed by atoms with Gasteiger partial charge in [0.05, 0.1) is 5.56 Å². The molecule has 1 saturated carbocycles. The van der Waals surface area contributed by atoms with Gasteiger partial charge in [0.1, 0.15) is 0 Å². The first kappa shape index (κ1) is 20.8. The number of alkyl halides is 3. The van der Waals surface area contributed by atoms with Gasteiger partial charge in [0.2, 0.25) is 0 Å². The molecule has 0 aromatic heterocycles. The fourth-order valence-electron chi connectivity index (χ4n) is 4.14. The molecule has 0 unspecified atom stereocenters. The molecule has 0 bridgehead atoms. The smallest absolute Gasteiger partial charge is 0.314 e. The minimum Gasteiger partial charge on any atom is -0.314 e. The average molecular weight is 397 g/mol. The van der Waals surface area contributed by atoms with E-state index in [2.05, 4.69) is 10.2 Å². The summed E-state index contributed by atoms with van der Waals surface area (Å²) in [6, 6.07) is 4.11. The van der Waals surface area contributed by atoms with Gasteiger partial charge in [-0.3, -0.25) is 4.90 Å². The van der Waals surface area contributed by atoms with E-state index in [1.807, 2.05) is 0 Å². The molecule has 7 heteroatoms. The molecule has 0 amide bonds. The average Bonchev–Trinajstić information content (AvgIpc) is 2.56. The maximum Gasteiger partial charge on any atom is 0.416 e. The Balaban J connectivity index is 0.00000225. The second-order valence-corrected chi connectivity index (χ2v) is 7.34. The summed E-state index contributed by atoms with van der Waals surface area (Å²) >= 11 is 6.05. The molecule has 1 aromatic carbocycles. The van der Waals surface area contributed by atoms with Gasteiger partial charge in [-0.15, -0.1) is 12.4 Å². The van der Waals surface area contributed by atoms with Gasteiger partial charge in [-0.2, -0.15) is 13.2 Å². The van der Waals surface area contributed by atoms with Crippen LogP contribution in [-0.4, -0.2) is 31.1 Å². The maximum absolute atomic E-state index is 13.2. The normalized spacial score (nSPS) is 21.6. The second kappa shape index (κ2) is 8.94. The van der Waals surface area contributed by atoms with Crippen LogP contribution in [0.5, 0.6) is 0 Å². The van der Waals surface area contributed by atoms with Gasteiger partial charge < -0.3 is 5.32 Å². The van der Waals surface area contributed by atoms with Crippen molar-refractivity contribution in [2.24, 2.45) is 5.92 Å². The summed E-state index contributed by atoms with van der Waals surface area (Å²) in [4.78, 5) is 2.35. The molecule has 1 aliphatic heterocycles. The summed E-state index contributed by atoms with van der Waals surface area (Å²) in [5, 5.41) is 3.50. The molecule has 3 rings (SSSR count). The van der Waals surface area contributed by atoms with E-state index in [-0.39, 0.29) is 23.5 Å². The van der Waals surface area contributed by atoms with E-state index >= 15 is 0 Å². The summed E-state index contributed by atoms with van der Waals surface area (Å²) in [6.45, 7) is 3.51. The summed E-state index contributed by atoms with van der Waals surface area (Å²) in [5.74, 6) is 0.413. The standard InChI is InChI=1S/C18H24ClF3N2.ClH/c19-16-11-14(10-15(12-16)18(20,21)22)17(13-4-2-1-3-5-13)24-8-6-23-7-9-24;/h10-13,17,23H,1-9H2;1H/t17-;/m1./s1. The summed E-state index contributed by atoms with van der Waals surface area (Å²) in [5.41, 5.74) is 0.0876. The number of benzene rings is 1. The number of piperazine rings is 1. The van der Waals surface area contributed by atoms with Crippen LogP contribution in [0.2, 0.25) is 5.02 Å². The second-order valence-electron chi connectivity index (χ2n) is 6.90. The van der Waals surface area contributed by atoms with Gasteiger partial charge in [0.25, 0.3) is 0 Å². The third kappa shape index (κ3) is 5.25. The first-order valence-corrected chi connectivity index (χ1v) is 9.15. The molecule has 0 radical (unpaired) electrons. The molecule has 1 aliphatic carbocycles. The number of nitrogens with zero attached hydrogens (tertiary/aromatic N) is 1. The molecule has 25 heavy (non-hydrogen) atoms. The molecular weight excluding hydrogens is 372 g/mol. The van der Waals surface area contributed by atoms with Crippen molar-refractivity contribution in [1.29, 1.82) is 0 Å². The van der Waals surface area contributed by atoms with Crippen molar-refractivity contribution in [2.75, 3.05) is 26.2 Å². The summed E-state index contributed by atoms with van der Waals surface area (Å²) in [7, 11) is 0. The van der Waals surface area contributed by atoms with E-state index in [4.69, 9.17) is 11.6 Å². The van der Waals surface area contributed by atoms with Gasteiger partial charge in [-0.05, 0) is 42.5 Å². The monoisotopic (exact) mass is 396 g/mol. The Hall–Kier alpha value is -0.490. The van der Waals surface area contributed by atoms with E-state index in [9.17, 15) is 13.2 Å². The van der Waals surface area contributed by atoms with Gasteiger partial charge in [0.15, 0.2) is 0 Å². The quantitative estimate of drug-likeness (QED) is 0.744. The topological polar surface area (TPSA) is 15.3 Å². The Labute approximate surface area is 158 Å². The van der Waals surface area contributed by atoms with Crippen LogP contribution in [0, 0.1) is 5.92 Å². The first-order valence-electron chi connectivity index (χ1n) is 8.77. The molecule has 2 nitrogen and oxygen atoms in total. The van der Waals surface area contributed by atoms with E-state index < -0.39 is 11.7 Å². The number of hydrogen-bond donors (Lipinski definition) is 1. The SMILES string of the molecule is Cl.FC(F)(F)c1cc(Cl)cc([C@@H](C2CCCCC2)N2CCNCC2)c1. The molecule has 142 valence electrons. The Morgan fingerprint density at radius 3 is 2.28 bits per heavy atom. The van der Waals surface area contributed by atoms with Crippen LogP contribution in [0.3, 0.4) is 0 Å². The van der Waals surface area contributed by atoms with Crippen LogP contribution in [0.15, 0.2) is 18.2 Å². The van der Waals surface area contributed by atoms with E-state index in [1.54, 1.807) is 6.07 Å². The molecule has 2 aliphatic rings. The number of halogens is 5. The zero-order chi connectivity index (χ0) is 17.2. The third-order valence-electron chi connectivity index (χ3n) is 5.23. The van der Waals surface area contributed by atoms with Gasteiger partial charge in [-0.25, -0.2) is 0 Å². The van der Waals surface area contributed by atoms with Crippen molar-refractivity contribution in [3.63, 3.8) is 0 Å². The molecular formula is C18H25Cl2F3N2. The van der Waals surface area contributed by atoms with Crippen LogP contribution < -0.4 is 5.32 Å². The number of nitrogens with one attached hydrogen (secondary N) is 1. The van der Waals surface area contributed by atoms with Gasteiger partial charge in [0, 0.05) is 37.2 Å². The lowest BCUT2D eigenvalue weighted by atomic mass is 9.80. The molecule has 1 N–H and O–H groups in total. The lowest BCUT2D eigenvalue weighted by Crippen LogP contribution is -2.47. The van der Waals surface area contributed by atoms with E-state index in [1.165, 1.54) is 25.3 Å². The molecule has 1 atom stereocenters. The van der Waals surface area contributed by atoms with Crippen molar-refractivity contribution in [3.05, 3.63) is 34.3 Å². The molecule has 2 fully saturated rings. The van der Waals surface area contributed by atoms with Crippen LogP contribution in [-0.2, 0) is 6.18 Å². The summed E-state index contributed by atoms with van der Waals surface area (Å²) in [6.07, 6.45) is 1.37. The Bertz CT molecular complexity index is 536. The predicted octanol–water partition coefficient (Wildman–Crippen LogP) is 5.31. The Morgan fingerprint density at radius 2 is 1.68 bits per heavy atom. The van der Waals surface area contributed by atoms with Crippen LogP contribution in [0.1, 0.15) is 49.3 Å². The van der Waals surface area contributed by atoms with Gasteiger partial charge in [-0.1, -0.05) is 30.9 Å². The van der Waals surface area contributed by atoms with Crippen molar-refractivity contribution in [3.8, 4) is 0 Å². The van der Waals surface area contributed by atoms with Crippen LogP contribution >= 0.6 is 24.0 Å². The minimum atomic E-state index is -4.36. The lowest BCUT2D eigenvalue weighted by Gasteiger charge is -2.41. The predicted molar refractivity (Wildman–Crippen MR) is 97.5 cm³/mol. The zero-order valence-electron chi connectivity index (χ0n) is 14.1. The highest BCUT2D eigenvalue weighted by molar-refractivity contribution is 6.30. The fourth-order valence-corrected chi connectivity index (χ4v) is 4.38. The third-order valence-corrected chi connectivity index (χ3v) is 5.45. The lowest BCUT2D eigenvalue weighted by molar-refractivity contribution is -0.137. The van der Waals surface area contributed by atoms with Gasteiger partial charge >= 0.3 is 6.18 Å². The molecule has 1 aromatic rings. The summed E-state index contributed by atoms with van der Waals surface area (Å²) < 4.78 is 39.6. The molecule has 1 saturated heterocycles. The highest BCUT2D eigenvalue weighted by Crippen LogP contribution is 2.41. The highest BCUT2D eigenvalue weighted by Gasteiger charge is 2.35. The first-order chi connectivity index (χ1) is 11.4. The Kier molecular flexibility index (Phi) is 7.44.